The van der Waals surface area contributed by atoms with Gasteiger partial charge in [-0.05, 0) is 43.4 Å². The number of thioether (sulfide) groups is 1. The van der Waals surface area contributed by atoms with Crippen LogP contribution in [0, 0.1) is 11.8 Å². The van der Waals surface area contributed by atoms with Gasteiger partial charge >= 0.3 is 5.97 Å². The van der Waals surface area contributed by atoms with Gasteiger partial charge in [-0.25, -0.2) is 0 Å². The molecule has 1 aromatic carbocycles. The van der Waals surface area contributed by atoms with E-state index in [1.54, 1.807) is 17.8 Å². The third kappa shape index (κ3) is 4.54. The molecule has 0 saturated heterocycles. The van der Waals surface area contributed by atoms with Crippen molar-refractivity contribution in [1.82, 2.24) is 0 Å². The van der Waals surface area contributed by atoms with Crippen molar-refractivity contribution in [1.29, 1.82) is 0 Å². The maximum absolute atomic E-state index is 11.5. The van der Waals surface area contributed by atoms with Crippen LogP contribution >= 0.6 is 35.0 Å². The highest BCUT2D eigenvalue weighted by molar-refractivity contribution is 8.00. The third-order valence-corrected chi connectivity index (χ3v) is 6.18. The van der Waals surface area contributed by atoms with Crippen molar-refractivity contribution in [3.8, 4) is 0 Å². The minimum Gasteiger partial charge on any atom is -0.481 e. The van der Waals surface area contributed by atoms with Gasteiger partial charge in [-0.3, -0.25) is 4.79 Å². The molecule has 116 valence electrons. The summed E-state index contributed by atoms with van der Waals surface area (Å²) >= 11 is 13.6. The lowest BCUT2D eigenvalue weighted by molar-refractivity contribution is -0.142. The fourth-order valence-electron chi connectivity index (χ4n) is 3.02. The second kappa shape index (κ2) is 7.75. The van der Waals surface area contributed by atoms with Crippen LogP contribution in [0.15, 0.2) is 23.1 Å². The predicted molar refractivity (Wildman–Crippen MR) is 89.5 cm³/mol. The molecule has 3 atom stereocenters. The molecule has 1 saturated carbocycles. The van der Waals surface area contributed by atoms with Gasteiger partial charge in [-0.2, -0.15) is 0 Å². The van der Waals surface area contributed by atoms with E-state index in [4.69, 9.17) is 23.2 Å². The molecule has 2 rings (SSSR count). The van der Waals surface area contributed by atoms with E-state index in [-0.39, 0.29) is 11.2 Å². The zero-order valence-electron chi connectivity index (χ0n) is 12.0. The Morgan fingerprint density at radius 3 is 2.71 bits per heavy atom. The topological polar surface area (TPSA) is 37.3 Å². The van der Waals surface area contributed by atoms with Gasteiger partial charge in [0.15, 0.2) is 0 Å². The van der Waals surface area contributed by atoms with E-state index < -0.39 is 5.97 Å². The molecule has 1 aromatic rings. The van der Waals surface area contributed by atoms with Crippen LogP contribution in [0.1, 0.15) is 39.0 Å². The Bertz CT molecular complexity index is 507. The highest BCUT2D eigenvalue weighted by Crippen LogP contribution is 2.42. The zero-order valence-corrected chi connectivity index (χ0v) is 14.3. The van der Waals surface area contributed by atoms with E-state index in [9.17, 15) is 9.90 Å². The molecular formula is C16H20Cl2O2S. The van der Waals surface area contributed by atoms with Crippen molar-refractivity contribution in [2.45, 2.75) is 49.2 Å². The van der Waals surface area contributed by atoms with Gasteiger partial charge in [0.1, 0.15) is 0 Å². The Balaban J connectivity index is 2.11. The second-order valence-corrected chi connectivity index (χ2v) is 7.77. The molecule has 1 fully saturated rings. The molecule has 3 unspecified atom stereocenters. The maximum atomic E-state index is 11.5. The van der Waals surface area contributed by atoms with Gasteiger partial charge in [-0.1, -0.05) is 43.0 Å². The van der Waals surface area contributed by atoms with Crippen LogP contribution in [-0.2, 0) is 4.79 Å². The zero-order chi connectivity index (χ0) is 15.4. The third-order valence-electron chi connectivity index (χ3n) is 4.09. The molecule has 0 amide bonds. The van der Waals surface area contributed by atoms with E-state index in [1.165, 1.54) is 6.42 Å². The number of hydrogen-bond donors (Lipinski definition) is 1. The monoisotopic (exact) mass is 346 g/mol. The number of hydrogen-bond acceptors (Lipinski definition) is 2. The molecule has 0 radical (unpaired) electrons. The lowest BCUT2D eigenvalue weighted by atomic mass is 9.80. The first kappa shape index (κ1) is 17.0. The molecule has 0 aromatic heterocycles. The van der Waals surface area contributed by atoms with Crippen LogP contribution in [0.4, 0.5) is 0 Å². The first-order valence-corrected chi connectivity index (χ1v) is 8.99. The molecule has 2 nitrogen and oxygen atoms in total. The first-order valence-electron chi connectivity index (χ1n) is 7.35. The van der Waals surface area contributed by atoms with Crippen molar-refractivity contribution in [2.24, 2.45) is 11.8 Å². The average Bonchev–Trinajstić information content (AvgIpc) is 2.43. The summed E-state index contributed by atoms with van der Waals surface area (Å²) in [5, 5.41) is 10.6. The molecular weight excluding hydrogens is 327 g/mol. The minimum atomic E-state index is -0.678. The lowest BCUT2D eigenvalue weighted by Crippen LogP contribution is -2.32. The van der Waals surface area contributed by atoms with E-state index >= 15 is 0 Å². The molecule has 1 N–H and O–H groups in total. The van der Waals surface area contributed by atoms with Gasteiger partial charge in [0.05, 0.1) is 16.0 Å². The number of benzene rings is 1. The number of carboxylic acid groups (broad SMARTS) is 1. The van der Waals surface area contributed by atoms with Crippen LogP contribution < -0.4 is 0 Å². The van der Waals surface area contributed by atoms with Crippen molar-refractivity contribution in [2.75, 3.05) is 0 Å². The van der Waals surface area contributed by atoms with Crippen LogP contribution in [0.2, 0.25) is 10.0 Å². The number of halogens is 2. The van der Waals surface area contributed by atoms with E-state index in [1.807, 2.05) is 12.1 Å². The second-order valence-electron chi connectivity index (χ2n) is 5.64. The summed E-state index contributed by atoms with van der Waals surface area (Å²) in [6.45, 7) is 2.18. The Kier molecular flexibility index (Phi) is 6.27. The van der Waals surface area contributed by atoms with E-state index in [0.29, 0.717) is 16.0 Å². The van der Waals surface area contributed by atoms with Crippen LogP contribution in [0.25, 0.3) is 0 Å². The fourth-order valence-corrected chi connectivity index (χ4v) is 4.85. The molecule has 0 heterocycles. The lowest BCUT2D eigenvalue weighted by Gasteiger charge is -2.33. The summed E-state index contributed by atoms with van der Waals surface area (Å²) in [5.74, 6) is -0.300. The van der Waals surface area contributed by atoms with E-state index in [2.05, 4.69) is 6.92 Å². The van der Waals surface area contributed by atoms with E-state index in [0.717, 1.165) is 30.6 Å². The van der Waals surface area contributed by atoms with Gasteiger partial charge in [-0.15, -0.1) is 11.8 Å². The Morgan fingerprint density at radius 2 is 2.10 bits per heavy atom. The molecule has 0 aliphatic heterocycles. The molecule has 1 aliphatic rings. The van der Waals surface area contributed by atoms with Gasteiger partial charge in [0.2, 0.25) is 0 Å². The summed E-state index contributed by atoms with van der Waals surface area (Å²) in [6.07, 6.45) is 5.12. The molecule has 21 heavy (non-hydrogen) atoms. The van der Waals surface area contributed by atoms with Crippen molar-refractivity contribution in [3.63, 3.8) is 0 Å². The summed E-state index contributed by atoms with van der Waals surface area (Å²) < 4.78 is 0. The summed E-state index contributed by atoms with van der Waals surface area (Å²) in [6, 6.07) is 5.52. The normalized spacial score (nSPS) is 25.8. The fraction of sp³-hybridized carbons (Fsp3) is 0.562. The smallest absolute Gasteiger partial charge is 0.307 e. The standard InChI is InChI=1S/C16H20Cl2O2S/c1-2-3-10-4-6-12(16(19)20)15(8-10)21-11-5-7-13(17)14(18)9-11/h5,7,9-10,12,15H,2-4,6,8H2,1H3,(H,19,20). The Morgan fingerprint density at radius 1 is 1.33 bits per heavy atom. The van der Waals surface area contributed by atoms with Crippen molar-refractivity contribution >= 4 is 40.9 Å². The largest absolute Gasteiger partial charge is 0.481 e. The summed E-state index contributed by atoms with van der Waals surface area (Å²) in [4.78, 5) is 12.5. The number of rotatable bonds is 5. The summed E-state index contributed by atoms with van der Waals surface area (Å²) in [7, 11) is 0. The Labute approximate surface area is 140 Å². The quantitative estimate of drug-likeness (QED) is 0.736. The molecule has 1 aliphatic carbocycles. The Hall–Kier alpha value is -0.380. The van der Waals surface area contributed by atoms with Crippen molar-refractivity contribution < 1.29 is 9.90 Å². The average molecular weight is 347 g/mol. The SMILES string of the molecule is CCCC1CCC(C(=O)O)C(Sc2ccc(Cl)c(Cl)c2)C1. The summed E-state index contributed by atoms with van der Waals surface area (Å²) in [5.41, 5.74) is 0. The van der Waals surface area contributed by atoms with Crippen molar-refractivity contribution in [3.05, 3.63) is 28.2 Å². The maximum Gasteiger partial charge on any atom is 0.307 e. The number of carbonyl (C=O) groups is 1. The number of carboxylic acids is 1. The molecule has 0 spiro atoms. The predicted octanol–water partition coefficient (Wildman–Crippen LogP) is 5.76. The van der Waals surface area contributed by atoms with Gasteiger partial charge in [0, 0.05) is 10.1 Å². The number of aliphatic carboxylic acids is 1. The van der Waals surface area contributed by atoms with Gasteiger partial charge in [0.25, 0.3) is 0 Å². The van der Waals surface area contributed by atoms with Crippen LogP contribution in [-0.4, -0.2) is 16.3 Å². The van der Waals surface area contributed by atoms with Gasteiger partial charge < -0.3 is 5.11 Å². The first-order chi connectivity index (χ1) is 10.0. The minimum absolute atomic E-state index is 0.116. The molecule has 5 heteroatoms. The van der Waals surface area contributed by atoms with Crippen LogP contribution in [0.3, 0.4) is 0 Å². The molecule has 0 bridgehead atoms. The van der Waals surface area contributed by atoms with Crippen LogP contribution in [0.5, 0.6) is 0 Å². The highest BCUT2D eigenvalue weighted by Gasteiger charge is 2.35. The highest BCUT2D eigenvalue weighted by atomic mass is 35.5.